The Morgan fingerprint density at radius 2 is 0.455 bits per heavy atom. The molecule has 10 N–H and O–H groups in total. The van der Waals surface area contributed by atoms with Gasteiger partial charge in [-0.2, -0.15) is 0 Å². The van der Waals surface area contributed by atoms with Crippen LogP contribution in [-0.2, 0) is 22.4 Å². The molecule has 3 radical (unpaired) electrons. The molecular weight excluding hydrogens is 741 g/mol. The van der Waals surface area contributed by atoms with Crippen molar-refractivity contribution in [3.05, 3.63) is 0 Å². The molecule has 0 atom stereocenters. The van der Waals surface area contributed by atoms with Crippen LogP contribution < -0.4 is 0 Å². The maximum Gasteiger partial charge on any atom is 0 e. The summed E-state index contributed by atoms with van der Waals surface area (Å²) in [6, 6.07) is 0. The molecule has 0 heterocycles. The quantitative estimate of drug-likeness (QED) is 0.216. The van der Waals surface area contributed by atoms with Gasteiger partial charge in [0.2, 0.25) is 0 Å². The minimum absolute atomic E-state index is 0. The van der Waals surface area contributed by atoms with Crippen LogP contribution in [0.25, 0.3) is 0 Å². The van der Waals surface area contributed by atoms with Crippen molar-refractivity contribution in [2.45, 2.75) is 0 Å². The van der Waals surface area contributed by atoms with Crippen molar-refractivity contribution >= 4 is 108 Å². The third kappa shape index (κ3) is 82.8. The van der Waals surface area contributed by atoms with Gasteiger partial charge in [-0.15, -0.1) is 0 Å². The van der Waals surface area contributed by atoms with Crippen LogP contribution in [0.2, 0.25) is 0 Å². The Bertz CT molecular complexity index is 22.4. The first-order valence-corrected chi connectivity index (χ1v) is 0. The molecule has 0 spiro atoms. The third-order valence-corrected chi connectivity index (χ3v) is 0. The first kappa shape index (κ1) is 114. The standard InChI is InChI=1S/Al.2La.5H2O.2Sr.Ta.7H/h;;;5*1H2;;;;;;;;;;. The zero-order chi connectivity index (χ0) is 0. The summed E-state index contributed by atoms with van der Waals surface area (Å²) in [7, 11) is 0. The first-order chi connectivity index (χ1) is 0. The largest absolute Gasteiger partial charge is 0 e. The molecule has 0 rings (SSSR count). The molecule has 0 saturated carbocycles. The van der Waals surface area contributed by atoms with Crippen LogP contribution in [0.1, 0.15) is 0 Å². The second kappa shape index (κ2) is 94.7. The molecule has 0 aliphatic rings. The van der Waals surface area contributed by atoms with E-state index in [1.165, 1.54) is 0 Å². The Kier molecular flexibility index (Phi) is 980. The average Bonchev–Trinajstić information content (AvgIpc) is 0. The molecule has 0 aromatic heterocycles. The van der Waals surface area contributed by atoms with Gasteiger partial charge in [-0.1, -0.05) is 0 Å². The monoisotopic (exact) mass is 759 g/mol. The molecular formula is H17AlLa2O5Sr2Ta. The predicted octanol–water partition coefficient (Wildman–Crippen LogP) is -7.14. The Morgan fingerprint density at radius 3 is 0.455 bits per heavy atom. The maximum atomic E-state index is 0. The maximum absolute atomic E-state index is 0. The summed E-state index contributed by atoms with van der Waals surface area (Å²) in [5.74, 6) is 0. The zero-order valence-electron chi connectivity index (χ0n) is 4.10. The molecule has 0 fully saturated rings. The van der Waals surface area contributed by atoms with Crippen LogP contribution >= 0.6 is 0 Å². The van der Waals surface area contributed by atoms with Gasteiger partial charge >= 0.3 is 91.0 Å². The van der Waals surface area contributed by atoms with Gasteiger partial charge in [-0.25, -0.2) is 0 Å². The summed E-state index contributed by atoms with van der Waals surface area (Å²) in [5.41, 5.74) is 0. The molecule has 0 aliphatic carbocycles. The summed E-state index contributed by atoms with van der Waals surface area (Å²) < 4.78 is 0. The summed E-state index contributed by atoms with van der Waals surface area (Å²) in [5, 5.41) is 0. The fraction of sp³-hybridized carbons (Fsp3) is 0. The van der Waals surface area contributed by atoms with Gasteiger partial charge in [0.1, 0.15) is 0 Å². The molecule has 0 aromatic rings. The van der Waals surface area contributed by atoms with Crippen molar-refractivity contribution in [2.75, 3.05) is 0 Å². The minimum Gasteiger partial charge on any atom is 0 e. The molecule has 0 saturated heterocycles. The van der Waals surface area contributed by atoms with Crippen LogP contribution in [0.3, 0.4) is 0 Å². The van der Waals surface area contributed by atoms with E-state index < -0.39 is 0 Å². The van der Waals surface area contributed by atoms with Crippen molar-refractivity contribution in [3.8, 4) is 0 Å². The van der Waals surface area contributed by atoms with Gasteiger partial charge in [0, 0.05) is 93.6 Å². The van der Waals surface area contributed by atoms with Gasteiger partial charge in [0.15, 0.2) is 17.4 Å². The summed E-state index contributed by atoms with van der Waals surface area (Å²) >= 11 is 0. The van der Waals surface area contributed by atoms with Crippen LogP contribution in [0.4, 0.5) is 0 Å². The van der Waals surface area contributed by atoms with E-state index in [2.05, 4.69) is 0 Å². The van der Waals surface area contributed by atoms with Crippen molar-refractivity contribution in [1.29, 1.82) is 0 Å². The molecule has 65 valence electrons. The van der Waals surface area contributed by atoms with E-state index >= 15 is 0 Å². The van der Waals surface area contributed by atoms with E-state index in [-0.39, 0.29) is 229 Å². The van der Waals surface area contributed by atoms with E-state index in [0.29, 0.717) is 0 Å². The van der Waals surface area contributed by atoms with Gasteiger partial charge in [-0.3, -0.25) is 0 Å². The van der Waals surface area contributed by atoms with Gasteiger partial charge in [0.25, 0.3) is 0 Å². The fourth-order valence-electron chi connectivity index (χ4n) is 0. The van der Waals surface area contributed by atoms with E-state index in [9.17, 15) is 0 Å². The van der Waals surface area contributed by atoms with Gasteiger partial charge < -0.3 is 27.4 Å². The zero-order valence-corrected chi connectivity index (χ0v) is 14.6. The molecule has 0 bridgehead atoms. The Morgan fingerprint density at radius 1 is 0.455 bits per heavy atom. The molecule has 0 aromatic carbocycles. The van der Waals surface area contributed by atoms with Gasteiger partial charge in [-0.05, 0) is 0 Å². The van der Waals surface area contributed by atoms with Crippen molar-refractivity contribution < 1.29 is 121 Å². The van der Waals surface area contributed by atoms with E-state index in [4.69, 9.17) is 0 Å². The van der Waals surface area contributed by atoms with Crippen molar-refractivity contribution in [1.82, 2.24) is 0 Å². The van der Waals surface area contributed by atoms with E-state index in [1.54, 1.807) is 0 Å². The minimum atomic E-state index is 0. The predicted molar refractivity (Wildman–Crippen MR) is 45.1 cm³/mol. The van der Waals surface area contributed by atoms with Crippen LogP contribution in [-0.4, -0.2) is 136 Å². The first-order valence-electron chi connectivity index (χ1n) is 0. The molecule has 11 heteroatoms. The van der Waals surface area contributed by atoms with E-state index in [0.717, 1.165) is 0 Å². The van der Waals surface area contributed by atoms with Crippen LogP contribution in [0.5, 0.6) is 0 Å². The van der Waals surface area contributed by atoms with E-state index in [1.807, 2.05) is 0 Å². The Balaban J connectivity index is 0. The number of hydrogen-bond donors (Lipinski definition) is 0. The normalized spacial score (nSPS) is 0. The third-order valence-electron chi connectivity index (χ3n) is 0. The van der Waals surface area contributed by atoms with Crippen molar-refractivity contribution in [2.24, 2.45) is 0 Å². The molecule has 0 aliphatic heterocycles. The summed E-state index contributed by atoms with van der Waals surface area (Å²) in [4.78, 5) is 0. The molecule has 0 amide bonds. The van der Waals surface area contributed by atoms with Crippen molar-refractivity contribution in [3.63, 3.8) is 0 Å². The molecule has 5 nitrogen and oxygen atoms in total. The number of hydrogen-bond acceptors (Lipinski definition) is 0. The average molecular weight is 758 g/mol. The van der Waals surface area contributed by atoms with Crippen LogP contribution in [0, 0.1) is 71.2 Å². The number of rotatable bonds is 0. The Labute approximate surface area is 222 Å². The topological polar surface area (TPSA) is 158 Å². The summed E-state index contributed by atoms with van der Waals surface area (Å²) in [6.07, 6.45) is 0. The summed E-state index contributed by atoms with van der Waals surface area (Å²) in [6.45, 7) is 0. The van der Waals surface area contributed by atoms with Gasteiger partial charge in [0.05, 0.1) is 0 Å². The Hall–Kier alpha value is 6.42. The smallest absolute Gasteiger partial charge is 0 e. The molecule has 11 heavy (non-hydrogen) atoms. The second-order valence-electron chi connectivity index (χ2n) is 0. The second-order valence-corrected chi connectivity index (χ2v) is 0. The SMILES string of the molecule is O.O.O.O.O.[AlH3].[La].[La].[SrH2].[SrH2].[Ta]. The van der Waals surface area contributed by atoms with Crippen LogP contribution in [0.15, 0.2) is 0 Å². The molecule has 0 unspecified atom stereocenters. The fourth-order valence-corrected chi connectivity index (χ4v) is 0.